The number of hydrogen-bond acceptors (Lipinski definition) is 2. The normalized spacial score (nSPS) is 39.0. The summed E-state index contributed by atoms with van der Waals surface area (Å²) in [5, 5.41) is 3.70. The van der Waals surface area contributed by atoms with E-state index < -0.39 is 0 Å². The van der Waals surface area contributed by atoms with Gasteiger partial charge in [0.25, 0.3) is 0 Å². The number of nitrogens with one attached hydrogen (secondary N) is 1. The Hall–Kier alpha value is -0.0800. The molecule has 116 valence electrons. The predicted octanol–water partition coefficient (Wildman–Crippen LogP) is 4.28. The minimum atomic E-state index is 0.162. The van der Waals surface area contributed by atoms with E-state index in [1.807, 2.05) is 0 Å². The standard InChI is InChI=1S/C18H33NO/c1-17(2)8-5-9-18(11-10-17)14-19-13-16(20-18)12-15-6-3-4-7-15/h15-16,19H,3-14H2,1-2H3. The minimum absolute atomic E-state index is 0.162. The van der Waals surface area contributed by atoms with E-state index in [0.717, 1.165) is 19.0 Å². The predicted molar refractivity (Wildman–Crippen MR) is 83.9 cm³/mol. The van der Waals surface area contributed by atoms with Gasteiger partial charge in [-0.15, -0.1) is 0 Å². The van der Waals surface area contributed by atoms with Crippen molar-refractivity contribution >= 4 is 0 Å². The van der Waals surface area contributed by atoms with Gasteiger partial charge in [-0.05, 0) is 43.4 Å². The topological polar surface area (TPSA) is 21.3 Å². The van der Waals surface area contributed by atoms with Crippen molar-refractivity contribution in [2.24, 2.45) is 11.3 Å². The highest BCUT2D eigenvalue weighted by Crippen LogP contribution is 2.41. The van der Waals surface area contributed by atoms with E-state index in [4.69, 9.17) is 4.74 Å². The van der Waals surface area contributed by atoms with Crippen LogP contribution in [0.2, 0.25) is 0 Å². The van der Waals surface area contributed by atoms with Gasteiger partial charge in [-0.1, -0.05) is 46.0 Å². The third-order valence-corrected chi connectivity index (χ3v) is 6.05. The third-order valence-electron chi connectivity index (χ3n) is 6.05. The maximum absolute atomic E-state index is 6.69. The van der Waals surface area contributed by atoms with Gasteiger partial charge in [0.05, 0.1) is 11.7 Å². The van der Waals surface area contributed by atoms with Gasteiger partial charge in [-0.2, -0.15) is 0 Å². The van der Waals surface area contributed by atoms with Crippen LogP contribution >= 0.6 is 0 Å². The maximum atomic E-state index is 6.69. The fourth-order valence-electron chi connectivity index (χ4n) is 4.65. The lowest BCUT2D eigenvalue weighted by atomic mass is 9.84. The SMILES string of the molecule is CC1(C)CCCC2(CC1)CNCC(CC1CCCC1)O2. The smallest absolute Gasteiger partial charge is 0.0810 e. The van der Waals surface area contributed by atoms with Crippen molar-refractivity contribution in [2.75, 3.05) is 13.1 Å². The first-order valence-corrected chi connectivity index (χ1v) is 8.96. The van der Waals surface area contributed by atoms with Gasteiger partial charge in [-0.3, -0.25) is 0 Å². The molecule has 20 heavy (non-hydrogen) atoms. The van der Waals surface area contributed by atoms with Gasteiger partial charge >= 0.3 is 0 Å². The fraction of sp³-hybridized carbons (Fsp3) is 1.00. The van der Waals surface area contributed by atoms with E-state index in [9.17, 15) is 0 Å². The monoisotopic (exact) mass is 279 g/mol. The van der Waals surface area contributed by atoms with Gasteiger partial charge < -0.3 is 10.1 Å². The Labute approximate surface area is 125 Å². The number of morpholine rings is 1. The molecule has 2 atom stereocenters. The Bertz CT molecular complexity index is 321. The van der Waals surface area contributed by atoms with Crippen LogP contribution in [0.25, 0.3) is 0 Å². The fourth-order valence-corrected chi connectivity index (χ4v) is 4.65. The van der Waals surface area contributed by atoms with Crippen LogP contribution in [0.15, 0.2) is 0 Å². The molecule has 2 nitrogen and oxygen atoms in total. The van der Waals surface area contributed by atoms with Gasteiger partial charge in [0.15, 0.2) is 0 Å². The van der Waals surface area contributed by atoms with Crippen molar-refractivity contribution in [3.05, 3.63) is 0 Å². The molecule has 0 aromatic heterocycles. The van der Waals surface area contributed by atoms with E-state index >= 15 is 0 Å². The molecule has 0 aromatic rings. The van der Waals surface area contributed by atoms with Gasteiger partial charge in [0, 0.05) is 13.1 Å². The summed E-state index contributed by atoms with van der Waals surface area (Å²) in [5.41, 5.74) is 0.681. The lowest BCUT2D eigenvalue weighted by Crippen LogP contribution is -2.54. The van der Waals surface area contributed by atoms with Crippen molar-refractivity contribution in [1.29, 1.82) is 0 Å². The van der Waals surface area contributed by atoms with E-state index in [-0.39, 0.29) is 5.60 Å². The largest absolute Gasteiger partial charge is 0.369 e. The van der Waals surface area contributed by atoms with Crippen LogP contribution in [0.5, 0.6) is 0 Å². The number of ether oxygens (including phenoxy) is 1. The molecule has 1 aliphatic heterocycles. The average molecular weight is 279 g/mol. The highest BCUT2D eigenvalue weighted by Gasteiger charge is 2.40. The Kier molecular flexibility index (Phi) is 4.42. The zero-order chi connectivity index (χ0) is 14.1. The molecule has 1 heterocycles. The Balaban J connectivity index is 1.58. The molecule has 1 spiro atoms. The second-order valence-corrected chi connectivity index (χ2v) is 8.46. The summed E-state index contributed by atoms with van der Waals surface area (Å²) in [6.45, 7) is 7.03. The third kappa shape index (κ3) is 3.57. The molecule has 1 N–H and O–H groups in total. The van der Waals surface area contributed by atoms with Crippen molar-refractivity contribution in [3.8, 4) is 0 Å². The Morgan fingerprint density at radius 2 is 1.80 bits per heavy atom. The van der Waals surface area contributed by atoms with E-state index in [1.165, 1.54) is 64.2 Å². The zero-order valence-electron chi connectivity index (χ0n) is 13.5. The van der Waals surface area contributed by atoms with Crippen LogP contribution in [0.4, 0.5) is 0 Å². The van der Waals surface area contributed by atoms with Gasteiger partial charge in [0.2, 0.25) is 0 Å². The first-order valence-electron chi connectivity index (χ1n) is 8.96. The first kappa shape index (κ1) is 14.8. The molecule has 1 saturated heterocycles. The average Bonchev–Trinajstić information content (AvgIpc) is 2.85. The summed E-state index contributed by atoms with van der Waals surface area (Å²) in [5.74, 6) is 0.944. The molecule has 3 aliphatic rings. The molecule has 0 amide bonds. The Morgan fingerprint density at radius 1 is 1.00 bits per heavy atom. The summed E-state index contributed by atoms with van der Waals surface area (Å²) >= 11 is 0. The molecular formula is C18H33NO. The van der Waals surface area contributed by atoms with Crippen LogP contribution in [-0.4, -0.2) is 24.8 Å². The van der Waals surface area contributed by atoms with Crippen molar-refractivity contribution < 1.29 is 4.74 Å². The molecule has 0 radical (unpaired) electrons. The van der Waals surface area contributed by atoms with Crippen molar-refractivity contribution in [2.45, 2.75) is 89.8 Å². The molecule has 2 heteroatoms. The zero-order valence-corrected chi connectivity index (χ0v) is 13.5. The summed E-state index contributed by atoms with van der Waals surface area (Å²) in [7, 11) is 0. The lowest BCUT2D eigenvalue weighted by Gasteiger charge is -2.42. The summed E-state index contributed by atoms with van der Waals surface area (Å²) < 4.78 is 6.69. The maximum Gasteiger partial charge on any atom is 0.0810 e. The van der Waals surface area contributed by atoms with Gasteiger partial charge in [-0.25, -0.2) is 0 Å². The molecule has 0 bridgehead atoms. The summed E-state index contributed by atoms with van der Waals surface area (Å²) in [6.07, 6.45) is 14.1. The molecule has 0 aromatic carbocycles. The Morgan fingerprint density at radius 3 is 2.60 bits per heavy atom. The van der Waals surface area contributed by atoms with Crippen LogP contribution in [0.1, 0.15) is 78.1 Å². The van der Waals surface area contributed by atoms with Crippen LogP contribution in [0, 0.1) is 11.3 Å². The second kappa shape index (κ2) is 5.96. The second-order valence-electron chi connectivity index (χ2n) is 8.46. The number of rotatable bonds is 2. The molecule has 2 aliphatic carbocycles. The molecule has 3 fully saturated rings. The van der Waals surface area contributed by atoms with E-state index in [2.05, 4.69) is 19.2 Å². The van der Waals surface area contributed by atoms with E-state index in [1.54, 1.807) is 0 Å². The van der Waals surface area contributed by atoms with Crippen LogP contribution in [-0.2, 0) is 4.74 Å². The van der Waals surface area contributed by atoms with Crippen molar-refractivity contribution in [1.82, 2.24) is 5.32 Å². The van der Waals surface area contributed by atoms with Crippen molar-refractivity contribution in [3.63, 3.8) is 0 Å². The molecule has 2 unspecified atom stereocenters. The first-order chi connectivity index (χ1) is 9.57. The number of hydrogen-bond donors (Lipinski definition) is 1. The quantitative estimate of drug-likeness (QED) is 0.814. The minimum Gasteiger partial charge on any atom is -0.369 e. The van der Waals surface area contributed by atoms with E-state index in [0.29, 0.717) is 11.5 Å². The van der Waals surface area contributed by atoms with Gasteiger partial charge in [0.1, 0.15) is 0 Å². The molecule has 3 rings (SSSR count). The van der Waals surface area contributed by atoms with Crippen LogP contribution < -0.4 is 5.32 Å². The lowest BCUT2D eigenvalue weighted by molar-refractivity contribution is -0.130. The summed E-state index contributed by atoms with van der Waals surface area (Å²) in [4.78, 5) is 0. The summed E-state index contributed by atoms with van der Waals surface area (Å²) in [6, 6.07) is 0. The molecular weight excluding hydrogens is 246 g/mol. The van der Waals surface area contributed by atoms with Crippen LogP contribution in [0.3, 0.4) is 0 Å². The molecule has 2 saturated carbocycles. The highest BCUT2D eigenvalue weighted by atomic mass is 16.5. The highest BCUT2D eigenvalue weighted by molar-refractivity contribution is 4.94.